The van der Waals surface area contributed by atoms with Crippen molar-refractivity contribution in [1.82, 2.24) is 15.2 Å². The molecule has 0 unspecified atom stereocenters. The van der Waals surface area contributed by atoms with Gasteiger partial charge in [0, 0.05) is 48.8 Å². The Morgan fingerprint density at radius 1 is 0.891 bits per heavy atom. The Morgan fingerprint density at radius 3 is 2.26 bits per heavy atom. The molecule has 4 aromatic carbocycles. The van der Waals surface area contributed by atoms with Gasteiger partial charge >= 0.3 is 0 Å². The molecule has 6 rings (SSSR count). The summed E-state index contributed by atoms with van der Waals surface area (Å²) in [4.78, 5) is 19.7. The van der Waals surface area contributed by atoms with Gasteiger partial charge in [0.25, 0.3) is 5.91 Å². The van der Waals surface area contributed by atoms with E-state index in [0.29, 0.717) is 34.2 Å². The number of amides is 1. The van der Waals surface area contributed by atoms with Crippen molar-refractivity contribution in [2.75, 3.05) is 38.8 Å². The number of aromatic nitrogens is 1. The van der Waals surface area contributed by atoms with Crippen LogP contribution in [0.5, 0.6) is 0 Å². The van der Waals surface area contributed by atoms with Crippen LogP contribution in [-0.4, -0.2) is 58.7 Å². The Labute approximate surface area is 264 Å². The van der Waals surface area contributed by atoms with E-state index in [2.05, 4.69) is 10.3 Å². The summed E-state index contributed by atoms with van der Waals surface area (Å²) in [6, 6.07) is 18.8. The highest BCUT2D eigenvalue weighted by Gasteiger charge is 2.27. The van der Waals surface area contributed by atoms with Gasteiger partial charge in [-0.15, -0.1) is 0 Å². The number of halogens is 2. The summed E-state index contributed by atoms with van der Waals surface area (Å²) in [6.45, 7) is 0.509. The zero-order valence-corrected chi connectivity index (χ0v) is 26.5. The van der Waals surface area contributed by atoms with E-state index in [1.165, 1.54) is 44.4 Å². The minimum Gasteiger partial charge on any atom is -0.455 e. The molecular formula is C34H30F2N4O5S. The van der Waals surface area contributed by atoms with Gasteiger partial charge in [0.1, 0.15) is 22.7 Å². The van der Waals surface area contributed by atoms with Crippen LogP contribution in [0.4, 0.5) is 14.5 Å². The highest BCUT2D eigenvalue weighted by molar-refractivity contribution is 7.92. The van der Waals surface area contributed by atoms with Crippen LogP contribution in [0.3, 0.4) is 0 Å². The Hall–Kier alpha value is -5.07. The fourth-order valence-corrected chi connectivity index (χ4v) is 5.92. The van der Waals surface area contributed by atoms with E-state index in [-0.39, 0.29) is 39.6 Å². The standard InChI is InChI=1S/C34H30F2N4O5S/c1-37-33(41)30-25-16-23(27(40(4)46(5,42)43)17-29(25)44-32(30)19-11-13-22(35)14-12-19)20-9-10-21(18-39(2)3)24(15-20)34-38-31-26(36)7-6-8-28(31)45-34/h6-17H,18H2,1-5H3,(H,37,41). The lowest BCUT2D eigenvalue weighted by Gasteiger charge is -2.21. The van der Waals surface area contributed by atoms with Crippen molar-refractivity contribution in [2.24, 2.45) is 0 Å². The summed E-state index contributed by atoms with van der Waals surface area (Å²) >= 11 is 0. The van der Waals surface area contributed by atoms with E-state index >= 15 is 0 Å². The largest absolute Gasteiger partial charge is 0.455 e. The number of benzene rings is 4. The molecule has 0 spiro atoms. The van der Waals surface area contributed by atoms with Crippen LogP contribution in [0, 0.1) is 11.6 Å². The molecule has 12 heteroatoms. The maximum Gasteiger partial charge on any atom is 0.255 e. The van der Waals surface area contributed by atoms with Gasteiger partial charge in [-0.25, -0.2) is 22.2 Å². The summed E-state index contributed by atoms with van der Waals surface area (Å²) in [5, 5.41) is 3.06. The summed E-state index contributed by atoms with van der Waals surface area (Å²) in [5.74, 6) is -1.00. The molecule has 0 aliphatic heterocycles. The number of oxazole rings is 1. The second-order valence-corrected chi connectivity index (χ2v) is 13.2. The molecule has 0 atom stereocenters. The van der Waals surface area contributed by atoms with Crippen molar-refractivity contribution in [3.8, 4) is 33.9 Å². The lowest BCUT2D eigenvalue weighted by atomic mass is 9.95. The number of hydrogen-bond acceptors (Lipinski definition) is 7. The fourth-order valence-electron chi connectivity index (χ4n) is 5.41. The molecule has 1 amide bonds. The number of furan rings is 1. The normalized spacial score (nSPS) is 11.9. The van der Waals surface area contributed by atoms with Crippen LogP contribution in [-0.2, 0) is 16.6 Å². The highest BCUT2D eigenvalue weighted by atomic mass is 32.2. The predicted molar refractivity (Wildman–Crippen MR) is 174 cm³/mol. The third kappa shape index (κ3) is 5.61. The maximum atomic E-state index is 14.6. The van der Waals surface area contributed by atoms with Crippen LogP contribution in [0.25, 0.3) is 56.0 Å². The lowest BCUT2D eigenvalue weighted by Crippen LogP contribution is -2.25. The molecule has 46 heavy (non-hydrogen) atoms. The zero-order chi connectivity index (χ0) is 32.9. The molecule has 0 fully saturated rings. The van der Waals surface area contributed by atoms with E-state index in [0.717, 1.165) is 16.1 Å². The van der Waals surface area contributed by atoms with Crippen LogP contribution in [0.2, 0.25) is 0 Å². The van der Waals surface area contributed by atoms with Crippen molar-refractivity contribution in [2.45, 2.75) is 6.54 Å². The Balaban J connectivity index is 1.64. The summed E-state index contributed by atoms with van der Waals surface area (Å²) in [6.07, 6.45) is 1.08. The van der Waals surface area contributed by atoms with Gasteiger partial charge in [0.15, 0.2) is 11.4 Å². The first-order valence-corrected chi connectivity index (χ1v) is 16.1. The fraction of sp³-hybridized carbons (Fsp3) is 0.176. The number of rotatable bonds is 8. The number of sulfonamides is 1. The van der Waals surface area contributed by atoms with E-state index in [9.17, 15) is 22.0 Å². The third-order valence-corrected chi connectivity index (χ3v) is 8.90. The first-order valence-electron chi connectivity index (χ1n) is 14.2. The summed E-state index contributed by atoms with van der Waals surface area (Å²) in [5.41, 5.74) is 4.08. The van der Waals surface area contributed by atoms with Gasteiger partial charge in [0.05, 0.1) is 17.5 Å². The third-order valence-electron chi connectivity index (χ3n) is 7.71. The SMILES string of the molecule is CNC(=O)c1c(-c2ccc(F)cc2)oc2cc(N(C)S(C)(=O)=O)c(-c3ccc(CN(C)C)c(-c4nc5c(F)cccc5o4)c3)cc12. The van der Waals surface area contributed by atoms with Gasteiger partial charge in [-0.3, -0.25) is 9.10 Å². The van der Waals surface area contributed by atoms with Gasteiger partial charge in [-0.05, 0) is 73.8 Å². The molecule has 9 nitrogen and oxygen atoms in total. The molecule has 0 saturated heterocycles. The van der Waals surface area contributed by atoms with Gasteiger partial charge in [0.2, 0.25) is 15.9 Å². The van der Waals surface area contributed by atoms with Crippen LogP contribution in [0.15, 0.2) is 81.6 Å². The Morgan fingerprint density at radius 2 is 1.61 bits per heavy atom. The molecular weight excluding hydrogens is 614 g/mol. The topological polar surface area (TPSA) is 109 Å². The summed E-state index contributed by atoms with van der Waals surface area (Å²) in [7, 11) is 2.98. The predicted octanol–water partition coefficient (Wildman–Crippen LogP) is 6.67. The number of fused-ring (bicyclic) bond motifs is 2. The number of carbonyl (C=O) groups excluding carboxylic acids is 1. The molecule has 1 N–H and O–H groups in total. The minimum absolute atomic E-state index is 0.0968. The molecule has 0 radical (unpaired) electrons. The quantitative estimate of drug-likeness (QED) is 0.197. The number of nitrogens with zero attached hydrogens (tertiary/aromatic N) is 3. The minimum atomic E-state index is -3.75. The first kappa shape index (κ1) is 30.9. The first-order chi connectivity index (χ1) is 21.8. The molecule has 2 aromatic heterocycles. The zero-order valence-electron chi connectivity index (χ0n) is 25.7. The number of carbonyl (C=O) groups is 1. The van der Waals surface area contributed by atoms with Crippen LogP contribution in [0.1, 0.15) is 15.9 Å². The molecule has 2 heterocycles. The highest BCUT2D eigenvalue weighted by Crippen LogP contribution is 2.42. The molecule has 6 aromatic rings. The number of hydrogen-bond donors (Lipinski definition) is 1. The van der Waals surface area contributed by atoms with Gasteiger partial charge in [-0.2, -0.15) is 0 Å². The van der Waals surface area contributed by atoms with Crippen molar-refractivity contribution >= 4 is 43.7 Å². The van der Waals surface area contributed by atoms with E-state index in [4.69, 9.17) is 8.83 Å². The van der Waals surface area contributed by atoms with E-state index in [1.54, 1.807) is 24.3 Å². The second-order valence-electron chi connectivity index (χ2n) is 11.2. The summed E-state index contributed by atoms with van der Waals surface area (Å²) < 4.78 is 67.4. The average Bonchev–Trinajstić information content (AvgIpc) is 3.62. The van der Waals surface area contributed by atoms with E-state index in [1.807, 2.05) is 37.2 Å². The van der Waals surface area contributed by atoms with Gasteiger partial charge in [-0.1, -0.05) is 18.2 Å². The van der Waals surface area contributed by atoms with Crippen molar-refractivity contribution in [1.29, 1.82) is 0 Å². The van der Waals surface area contributed by atoms with Gasteiger partial charge < -0.3 is 19.1 Å². The number of para-hydroxylation sites is 1. The Kier molecular flexibility index (Phi) is 7.87. The molecule has 0 aliphatic rings. The smallest absolute Gasteiger partial charge is 0.255 e. The molecule has 0 bridgehead atoms. The lowest BCUT2D eigenvalue weighted by molar-refractivity contribution is 0.0964. The van der Waals surface area contributed by atoms with E-state index < -0.39 is 27.6 Å². The van der Waals surface area contributed by atoms with Crippen molar-refractivity contribution in [3.05, 3.63) is 95.6 Å². The average molecular weight is 645 g/mol. The molecule has 236 valence electrons. The van der Waals surface area contributed by atoms with Crippen LogP contribution >= 0.6 is 0 Å². The molecule has 0 aliphatic carbocycles. The monoisotopic (exact) mass is 644 g/mol. The van der Waals surface area contributed by atoms with Crippen molar-refractivity contribution < 1.29 is 30.8 Å². The second kappa shape index (κ2) is 11.7. The number of anilines is 1. The Bertz CT molecular complexity index is 2240. The maximum absolute atomic E-state index is 14.6. The van der Waals surface area contributed by atoms with Crippen molar-refractivity contribution in [3.63, 3.8) is 0 Å². The molecule has 0 saturated carbocycles. The number of nitrogens with one attached hydrogen (secondary N) is 1. The van der Waals surface area contributed by atoms with Crippen LogP contribution < -0.4 is 9.62 Å².